The maximum Gasteiger partial charge on any atom is 0.318 e. The number of aliphatic hydroxyl groups is 1. The molecule has 2 heterocycles. The fraction of sp³-hybridized carbons (Fsp3) is 0.636. The Hall–Kier alpha value is -1.40. The van der Waals surface area contributed by atoms with Crippen LogP contribution in [0.2, 0.25) is 0 Å². The molecule has 94 valence electrons. The summed E-state index contributed by atoms with van der Waals surface area (Å²) in [5, 5.41) is 8.65. The van der Waals surface area contributed by atoms with Crippen LogP contribution in [0.25, 0.3) is 0 Å². The van der Waals surface area contributed by atoms with Gasteiger partial charge in [0.05, 0.1) is 26.4 Å². The first-order chi connectivity index (χ1) is 8.22. The van der Waals surface area contributed by atoms with Crippen molar-refractivity contribution in [3.8, 4) is 6.01 Å². The summed E-state index contributed by atoms with van der Waals surface area (Å²) in [7, 11) is 1.56. The highest BCUT2D eigenvalue weighted by Gasteiger charge is 2.28. The standard InChI is InChI=1S/C11H17N3O3/c1-8-5-10(13-11(12-8)16-2)14-6-9(7-14)17-4-3-15/h5,9,15H,3-4,6-7H2,1-2H3. The van der Waals surface area contributed by atoms with Gasteiger partial charge in [0, 0.05) is 24.8 Å². The Morgan fingerprint density at radius 3 is 2.88 bits per heavy atom. The van der Waals surface area contributed by atoms with E-state index in [4.69, 9.17) is 14.6 Å². The molecule has 1 N–H and O–H groups in total. The second-order valence-corrected chi connectivity index (χ2v) is 3.98. The molecule has 0 radical (unpaired) electrons. The lowest BCUT2D eigenvalue weighted by molar-refractivity contribution is 0.0132. The minimum Gasteiger partial charge on any atom is -0.467 e. The van der Waals surface area contributed by atoms with E-state index in [1.165, 1.54) is 0 Å². The van der Waals surface area contributed by atoms with E-state index in [0.29, 0.717) is 12.6 Å². The third-order valence-electron chi connectivity index (χ3n) is 2.62. The third kappa shape index (κ3) is 2.83. The predicted octanol–water partition coefficient (Wildman–Crippen LogP) is -0.00888. The zero-order valence-electron chi connectivity index (χ0n) is 10.1. The number of ether oxygens (including phenoxy) is 2. The van der Waals surface area contributed by atoms with Crippen molar-refractivity contribution in [2.75, 3.05) is 38.3 Å². The highest BCUT2D eigenvalue weighted by atomic mass is 16.5. The number of aromatic nitrogens is 2. The van der Waals surface area contributed by atoms with Crippen molar-refractivity contribution in [1.82, 2.24) is 9.97 Å². The van der Waals surface area contributed by atoms with Gasteiger partial charge in [0.25, 0.3) is 0 Å². The van der Waals surface area contributed by atoms with Gasteiger partial charge in [-0.05, 0) is 6.92 Å². The van der Waals surface area contributed by atoms with Gasteiger partial charge in [0.1, 0.15) is 5.82 Å². The minimum absolute atomic E-state index is 0.0664. The normalized spacial score (nSPS) is 15.8. The molecular formula is C11H17N3O3. The molecule has 1 aliphatic rings. The number of methoxy groups -OCH3 is 1. The zero-order valence-corrected chi connectivity index (χ0v) is 10.1. The van der Waals surface area contributed by atoms with Crippen molar-refractivity contribution in [3.63, 3.8) is 0 Å². The van der Waals surface area contributed by atoms with Crippen LogP contribution in [0.3, 0.4) is 0 Å². The molecule has 0 atom stereocenters. The van der Waals surface area contributed by atoms with Crippen LogP contribution in [0.5, 0.6) is 6.01 Å². The molecule has 0 saturated carbocycles. The molecule has 6 heteroatoms. The van der Waals surface area contributed by atoms with Crippen molar-refractivity contribution in [2.45, 2.75) is 13.0 Å². The zero-order chi connectivity index (χ0) is 12.3. The van der Waals surface area contributed by atoms with E-state index >= 15 is 0 Å². The number of anilines is 1. The summed E-state index contributed by atoms with van der Waals surface area (Å²) in [6, 6.07) is 2.31. The lowest BCUT2D eigenvalue weighted by Crippen LogP contribution is -2.53. The van der Waals surface area contributed by atoms with Crippen molar-refractivity contribution in [2.24, 2.45) is 0 Å². The first-order valence-electron chi connectivity index (χ1n) is 5.60. The van der Waals surface area contributed by atoms with Gasteiger partial charge in [-0.25, -0.2) is 4.98 Å². The summed E-state index contributed by atoms with van der Waals surface area (Å²) >= 11 is 0. The SMILES string of the molecule is COc1nc(C)cc(N2CC(OCCO)C2)n1. The lowest BCUT2D eigenvalue weighted by Gasteiger charge is -2.39. The lowest BCUT2D eigenvalue weighted by atomic mass is 10.1. The van der Waals surface area contributed by atoms with Gasteiger partial charge in [-0.2, -0.15) is 4.98 Å². The van der Waals surface area contributed by atoms with Crippen molar-refractivity contribution in [3.05, 3.63) is 11.8 Å². The van der Waals surface area contributed by atoms with Gasteiger partial charge in [0.2, 0.25) is 0 Å². The Labute approximate surface area is 100 Å². The molecule has 0 aromatic carbocycles. The van der Waals surface area contributed by atoms with Crippen LogP contribution in [-0.4, -0.2) is 54.6 Å². The van der Waals surface area contributed by atoms with E-state index in [9.17, 15) is 0 Å². The molecular weight excluding hydrogens is 222 g/mol. The number of hydrogen-bond donors (Lipinski definition) is 1. The molecule has 1 saturated heterocycles. The fourth-order valence-corrected chi connectivity index (χ4v) is 1.73. The van der Waals surface area contributed by atoms with Crippen LogP contribution in [0, 0.1) is 6.92 Å². The molecule has 0 bridgehead atoms. The summed E-state index contributed by atoms with van der Waals surface area (Å²) in [4.78, 5) is 10.5. The molecule has 1 aromatic heterocycles. The second kappa shape index (κ2) is 5.29. The number of hydrogen-bond acceptors (Lipinski definition) is 6. The summed E-state index contributed by atoms with van der Waals surface area (Å²) in [6.45, 7) is 3.95. The quantitative estimate of drug-likeness (QED) is 0.779. The monoisotopic (exact) mass is 239 g/mol. The van der Waals surface area contributed by atoms with E-state index in [-0.39, 0.29) is 12.7 Å². The first kappa shape index (κ1) is 12.1. The van der Waals surface area contributed by atoms with Crippen LogP contribution in [0.4, 0.5) is 5.82 Å². The molecule has 1 aromatic rings. The Kier molecular flexibility index (Phi) is 3.75. The molecule has 1 aliphatic heterocycles. The largest absolute Gasteiger partial charge is 0.467 e. The Balaban J connectivity index is 1.94. The van der Waals surface area contributed by atoms with Gasteiger partial charge in [-0.1, -0.05) is 0 Å². The molecule has 0 spiro atoms. The van der Waals surface area contributed by atoms with Crippen LogP contribution in [-0.2, 0) is 4.74 Å². The van der Waals surface area contributed by atoms with Gasteiger partial charge in [-0.15, -0.1) is 0 Å². The van der Waals surface area contributed by atoms with Crippen LogP contribution in [0.15, 0.2) is 6.07 Å². The Bertz CT molecular complexity index is 380. The van der Waals surface area contributed by atoms with Gasteiger partial charge < -0.3 is 19.5 Å². The van der Waals surface area contributed by atoms with E-state index in [1.807, 2.05) is 13.0 Å². The van der Waals surface area contributed by atoms with Crippen LogP contribution in [0.1, 0.15) is 5.69 Å². The molecule has 0 unspecified atom stereocenters. The van der Waals surface area contributed by atoms with Crippen LogP contribution < -0.4 is 9.64 Å². The van der Waals surface area contributed by atoms with Crippen molar-refractivity contribution >= 4 is 5.82 Å². The third-order valence-corrected chi connectivity index (χ3v) is 2.62. The highest BCUT2D eigenvalue weighted by Crippen LogP contribution is 2.22. The summed E-state index contributed by atoms with van der Waals surface area (Å²) in [5.74, 6) is 0.859. The van der Waals surface area contributed by atoms with Crippen molar-refractivity contribution < 1.29 is 14.6 Å². The maximum atomic E-state index is 8.65. The van der Waals surface area contributed by atoms with E-state index in [1.54, 1.807) is 7.11 Å². The summed E-state index contributed by atoms with van der Waals surface area (Å²) in [6.07, 6.45) is 0.184. The number of aryl methyl sites for hydroxylation is 1. The molecule has 0 amide bonds. The van der Waals surface area contributed by atoms with E-state index in [0.717, 1.165) is 24.6 Å². The minimum atomic E-state index is 0.0664. The topological polar surface area (TPSA) is 67.7 Å². The predicted molar refractivity (Wildman–Crippen MR) is 62.4 cm³/mol. The highest BCUT2D eigenvalue weighted by molar-refractivity contribution is 5.43. The molecule has 17 heavy (non-hydrogen) atoms. The average Bonchev–Trinajstić information content (AvgIpc) is 2.26. The average molecular weight is 239 g/mol. The van der Waals surface area contributed by atoms with Crippen LogP contribution >= 0.6 is 0 Å². The van der Waals surface area contributed by atoms with E-state index in [2.05, 4.69) is 14.9 Å². The molecule has 1 fully saturated rings. The molecule has 6 nitrogen and oxygen atoms in total. The van der Waals surface area contributed by atoms with Gasteiger partial charge in [0.15, 0.2) is 0 Å². The number of nitrogens with zero attached hydrogens (tertiary/aromatic N) is 3. The van der Waals surface area contributed by atoms with Gasteiger partial charge >= 0.3 is 6.01 Å². The first-order valence-corrected chi connectivity index (χ1v) is 5.60. The fourth-order valence-electron chi connectivity index (χ4n) is 1.73. The number of rotatable bonds is 5. The number of aliphatic hydroxyl groups excluding tert-OH is 1. The summed E-state index contributed by atoms with van der Waals surface area (Å²) < 4.78 is 10.4. The second-order valence-electron chi connectivity index (χ2n) is 3.98. The molecule has 0 aliphatic carbocycles. The van der Waals surface area contributed by atoms with E-state index < -0.39 is 0 Å². The maximum absolute atomic E-state index is 8.65. The van der Waals surface area contributed by atoms with Gasteiger partial charge in [-0.3, -0.25) is 0 Å². The Morgan fingerprint density at radius 2 is 2.24 bits per heavy atom. The smallest absolute Gasteiger partial charge is 0.318 e. The molecule has 2 rings (SSSR count). The van der Waals surface area contributed by atoms with Crippen molar-refractivity contribution in [1.29, 1.82) is 0 Å². The summed E-state index contributed by atoms with van der Waals surface area (Å²) in [5.41, 5.74) is 0.881. The Morgan fingerprint density at radius 1 is 1.47 bits per heavy atom.